The van der Waals surface area contributed by atoms with Crippen LogP contribution in [0.25, 0.3) is 0 Å². The van der Waals surface area contributed by atoms with E-state index in [1.807, 2.05) is 4.57 Å². The first-order valence-electron chi connectivity index (χ1n) is 6.36. The van der Waals surface area contributed by atoms with Crippen LogP contribution in [0.15, 0.2) is 17.2 Å². The Labute approximate surface area is 100 Å². The van der Waals surface area contributed by atoms with E-state index < -0.39 is 0 Å². The Bertz CT molecular complexity index is 446. The van der Waals surface area contributed by atoms with Crippen molar-refractivity contribution in [2.45, 2.75) is 25.3 Å². The molecule has 2 aliphatic rings. The molecule has 0 bridgehead atoms. The zero-order valence-corrected chi connectivity index (χ0v) is 9.85. The van der Waals surface area contributed by atoms with E-state index in [1.165, 1.54) is 6.42 Å². The summed E-state index contributed by atoms with van der Waals surface area (Å²) < 4.78 is 1.81. The van der Waals surface area contributed by atoms with Crippen LogP contribution >= 0.6 is 0 Å². The third-order valence-corrected chi connectivity index (χ3v) is 3.53. The highest BCUT2D eigenvalue weighted by Crippen LogP contribution is 2.33. The molecule has 2 heterocycles. The van der Waals surface area contributed by atoms with Gasteiger partial charge in [-0.1, -0.05) is 0 Å². The summed E-state index contributed by atoms with van der Waals surface area (Å²) in [5.41, 5.74) is 0.0287. The molecular formula is C12H18N4O. The predicted molar refractivity (Wildman–Crippen MR) is 66.2 cm³/mol. The van der Waals surface area contributed by atoms with Crippen molar-refractivity contribution < 1.29 is 0 Å². The first-order valence-corrected chi connectivity index (χ1v) is 6.36. The van der Waals surface area contributed by atoms with Gasteiger partial charge in [0.05, 0.1) is 0 Å². The lowest BCUT2D eigenvalue weighted by atomic mass is 10.1. The highest BCUT2D eigenvalue weighted by molar-refractivity contribution is 5.31. The Balaban J connectivity index is 1.69. The van der Waals surface area contributed by atoms with Crippen LogP contribution in [0.1, 0.15) is 25.3 Å². The maximum absolute atomic E-state index is 12.1. The zero-order chi connectivity index (χ0) is 11.7. The van der Waals surface area contributed by atoms with Crippen LogP contribution in [-0.2, 0) is 0 Å². The molecule has 5 nitrogen and oxygen atoms in total. The molecule has 2 N–H and O–H groups in total. The Hall–Kier alpha value is -1.36. The summed E-state index contributed by atoms with van der Waals surface area (Å²) in [4.78, 5) is 16.2. The van der Waals surface area contributed by atoms with E-state index in [0.717, 1.165) is 32.5 Å². The second-order valence-electron chi connectivity index (χ2n) is 4.96. The fourth-order valence-corrected chi connectivity index (χ4v) is 2.32. The van der Waals surface area contributed by atoms with Gasteiger partial charge in [0.25, 0.3) is 5.56 Å². The third kappa shape index (κ3) is 2.34. The monoisotopic (exact) mass is 234 g/mol. The average Bonchev–Trinajstić information content (AvgIpc) is 3.04. The summed E-state index contributed by atoms with van der Waals surface area (Å²) in [6, 6.07) is 0.416. The lowest BCUT2D eigenvalue weighted by Crippen LogP contribution is -2.26. The van der Waals surface area contributed by atoms with E-state index >= 15 is 0 Å². The van der Waals surface area contributed by atoms with Crippen LogP contribution in [0.2, 0.25) is 0 Å². The van der Waals surface area contributed by atoms with Crippen molar-refractivity contribution in [1.82, 2.24) is 14.9 Å². The van der Waals surface area contributed by atoms with Crippen molar-refractivity contribution >= 4 is 5.82 Å². The normalized spacial score (nSPS) is 23.9. The minimum absolute atomic E-state index is 0.0287. The lowest BCUT2D eigenvalue weighted by Gasteiger charge is -2.11. The highest BCUT2D eigenvalue weighted by atomic mass is 16.1. The van der Waals surface area contributed by atoms with Gasteiger partial charge >= 0.3 is 0 Å². The number of nitrogens with zero attached hydrogens (tertiary/aromatic N) is 2. The second kappa shape index (κ2) is 4.49. The van der Waals surface area contributed by atoms with Gasteiger partial charge in [-0.15, -0.1) is 0 Å². The van der Waals surface area contributed by atoms with E-state index in [-0.39, 0.29) is 5.56 Å². The van der Waals surface area contributed by atoms with Gasteiger partial charge in [-0.2, -0.15) is 0 Å². The number of anilines is 1. The molecule has 1 aromatic heterocycles. The molecule has 0 amide bonds. The molecule has 1 unspecified atom stereocenters. The van der Waals surface area contributed by atoms with Gasteiger partial charge in [-0.25, -0.2) is 4.98 Å². The maximum atomic E-state index is 12.1. The largest absolute Gasteiger partial charge is 0.365 e. The summed E-state index contributed by atoms with van der Waals surface area (Å²) in [7, 11) is 0. The first kappa shape index (κ1) is 10.8. The molecule has 5 heteroatoms. The van der Waals surface area contributed by atoms with Crippen molar-refractivity contribution in [2.75, 3.05) is 25.0 Å². The summed E-state index contributed by atoms with van der Waals surface area (Å²) in [6.07, 6.45) is 6.93. The Morgan fingerprint density at radius 3 is 3.06 bits per heavy atom. The molecule has 1 aliphatic heterocycles. The minimum atomic E-state index is 0.0287. The van der Waals surface area contributed by atoms with Crippen LogP contribution in [0, 0.1) is 5.92 Å². The summed E-state index contributed by atoms with van der Waals surface area (Å²) in [6.45, 7) is 2.96. The molecule has 1 aromatic rings. The Morgan fingerprint density at radius 1 is 1.47 bits per heavy atom. The number of hydrogen-bond donors (Lipinski definition) is 2. The molecular weight excluding hydrogens is 216 g/mol. The van der Waals surface area contributed by atoms with Crippen molar-refractivity contribution in [3.05, 3.63) is 22.7 Å². The van der Waals surface area contributed by atoms with Crippen LogP contribution in [0.4, 0.5) is 5.82 Å². The summed E-state index contributed by atoms with van der Waals surface area (Å²) in [5.74, 6) is 1.12. The number of aromatic nitrogens is 2. The molecule has 1 aliphatic carbocycles. The molecule has 0 radical (unpaired) electrons. The first-order chi connectivity index (χ1) is 8.34. The zero-order valence-electron chi connectivity index (χ0n) is 9.85. The Morgan fingerprint density at radius 2 is 2.35 bits per heavy atom. The molecule has 3 rings (SSSR count). The van der Waals surface area contributed by atoms with Crippen LogP contribution < -0.4 is 16.2 Å². The predicted octanol–water partition coefficient (Wildman–Crippen LogP) is 0.600. The number of nitrogens with one attached hydrogen (secondary N) is 2. The summed E-state index contributed by atoms with van der Waals surface area (Å²) >= 11 is 0. The van der Waals surface area contributed by atoms with Gasteiger partial charge < -0.3 is 15.2 Å². The van der Waals surface area contributed by atoms with E-state index in [1.54, 1.807) is 12.4 Å². The SMILES string of the molecule is O=c1c(NCC2CCNC2)nccn1C1CC1. The minimum Gasteiger partial charge on any atom is -0.365 e. The van der Waals surface area contributed by atoms with E-state index in [0.29, 0.717) is 17.8 Å². The van der Waals surface area contributed by atoms with Gasteiger partial charge in [0, 0.05) is 25.0 Å². The lowest BCUT2D eigenvalue weighted by molar-refractivity contribution is 0.611. The quantitative estimate of drug-likeness (QED) is 0.801. The smallest absolute Gasteiger partial charge is 0.293 e. The Kier molecular flexibility index (Phi) is 2.84. The topological polar surface area (TPSA) is 59.0 Å². The van der Waals surface area contributed by atoms with Crippen molar-refractivity contribution in [1.29, 1.82) is 0 Å². The maximum Gasteiger partial charge on any atom is 0.293 e. The standard InChI is InChI=1S/C12H18N4O/c17-12-11(15-8-9-3-4-13-7-9)14-5-6-16(12)10-1-2-10/h5-6,9-10,13H,1-4,7-8H2,(H,14,15). The molecule has 92 valence electrons. The highest BCUT2D eigenvalue weighted by Gasteiger charge is 2.25. The van der Waals surface area contributed by atoms with Gasteiger partial charge in [-0.05, 0) is 38.3 Å². The average molecular weight is 234 g/mol. The van der Waals surface area contributed by atoms with Crippen molar-refractivity contribution in [2.24, 2.45) is 5.92 Å². The fourth-order valence-electron chi connectivity index (χ4n) is 2.32. The van der Waals surface area contributed by atoms with Gasteiger partial charge in [0.15, 0.2) is 5.82 Å². The van der Waals surface area contributed by atoms with E-state index in [2.05, 4.69) is 15.6 Å². The molecule has 1 saturated heterocycles. The molecule has 2 fully saturated rings. The van der Waals surface area contributed by atoms with Crippen LogP contribution in [-0.4, -0.2) is 29.2 Å². The molecule has 1 saturated carbocycles. The van der Waals surface area contributed by atoms with Gasteiger partial charge in [0.1, 0.15) is 0 Å². The van der Waals surface area contributed by atoms with Gasteiger partial charge in [-0.3, -0.25) is 4.79 Å². The fraction of sp³-hybridized carbons (Fsp3) is 0.667. The van der Waals surface area contributed by atoms with Gasteiger partial charge in [0.2, 0.25) is 0 Å². The third-order valence-electron chi connectivity index (χ3n) is 3.53. The molecule has 0 aromatic carbocycles. The van der Waals surface area contributed by atoms with Crippen LogP contribution in [0.3, 0.4) is 0 Å². The van der Waals surface area contributed by atoms with Crippen molar-refractivity contribution in [3.8, 4) is 0 Å². The molecule has 0 spiro atoms. The number of rotatable bonds is 4. The van der Waals surface area contributed by atoms with E-state index in [4.69, 9.17) is 0 Å². The van der Waals surface area contributed by atoms with Crippen molar-refractivity contribution in [3.63, 3.8) is 0 Å². The summed E-state index contributed by atoms with van der Waals surface area (Å²) in [5, 5.41) is 6.51. The second-order valence-corrected chi connectivity index (χ2v) is 4.96. The molecule has 17 heavy (non-hydrogen) atoms. The number of hydrogen-bond acceptors (Lipinski definition) is 4. The van der Waals surface area contributed by atoms with E-state index in [9.17, 15) is 4.79 Å². The molecule has 1 atom stereocenters. The van der Waals surface area contributed by atoms with Crippen LogP contribution in [0.5, 0.6) is 0 Å².